The van der Waals surface area contributed by atoms with Crippen LogP contribution in [0.25, 0.3) is 0 Å². The number of hydrogen-bond acceptors (Lipinski definition) is 4. The fourth-order valence-corrected chi connectivity index (χ4v) is 3.03. The van der Waals surface area contributed by atoms with Crippen molar-refractivity contribution in [3.05, 3.63) is 34.9 Å². The van der Waals surface area contributed by atoms with E-state index in [-0.39, 0.29) is 17.7 Å². The highest BCUT2D eigenvalue weighted by molar-refractivity contribution is 6.04. The van der Waals surface area contributed by atoms with Gasteiger partial charge in [0.25, 0.3) is 5.91 Å². The summed E-state index contributed by atoms with van der Waals surface area (Å²) in [5, 5.41) is 2.35. The van der Waals surface area contributed by atoms with Crippen LogP contribution in [0.5, 0.6) is 0 Å². The maximum absolute atomic E-state index is 12.5. The number of fused-ring (bicyclic) bond motifs is 1. The molecular weight excluding hydrogens is 270 g/mol. The van der Waals surface area contributed by atoms with E-state index in [4.69, 9.17) is 5.73 Å². The van der Waals surface area contributed by atoms with Gasteiger partial charge in [0.1, 0.15) is 6.04 Å². The minimum Gasteiger partial charge on any atom is -0.326 e. The van der Waals surface area contributed by atoms with E-state index in [9.17, 15) is 14.4 Å². The number of imide groups is 1. The number of hydrogen-bond donors (Lipinski definition) is 2. The van der Waals surface area contributed by atoms with Crippen LogP contribution < -0.4 is 11.1 Å². The van der Waals surface area contributed by atoms with Crippen molar-refractivity contribution >= 4 is 17.7 Å². The molecule has 0 radical (unpaired) electrons. The molecule has 1 unspecified atom stereocenters. The van der Waals surface area contributed by atoms with E-state index in [0.717, 1.165) is 11.1 Å². The molecular formula is C15H17N3O3. The number of benzene rings is 1. The topological polar surface area (TPSA) is 92.5 Å². The summed E-state index contributed by atoms with van der Waals surface area (Å²) in [6, 6.07) is 4.88. The smallest absolute Gasteiger partial charge is 0.255 e. The average molecular weight is 287 g/mol. The van der Waals surface area contributed by atoms with Gasteiger partial charge >= 0.3 is 0 Å². The largest absolute Gasteiger partial charge is 0.326 e. The lowest BCUT2D eigenvalue weighted by atomic mass is 10.0. The predicted octanol–water partition coefficient (Wildman–Crippen LogP) is 0.296. The Morgan fingerprint density at radius 3 is 2.86 bits per heavy atom. The molecule has 0 spiro atoms. The maximum Gasteiger partial charge on any atom is 0.255 e. The van der Waals surface area contributed by atoms with Gasteiger partial charge in [-0.25, -0.2) is 0 Å². The Kier molecular flexibility index (Phi) is 3.47. The molecule has 2 aliphatic heterocycles. The van der Waals surface area contributed by atoms with Crippen molar-refractivity contribution in [2.75, 3.05) is 0 Å². The van der Waals surface area contributed by atoms with Crippen LogP contribution in [0.4, 0.5) is 0 Å². The fourth-order valence-electron chi connectivity index (χ4n) is 3.03. The van der Waals surface area contributed by atoms with Gasteiger partial charge in [0.2, 0.25) is 11.8 Å². The molecule has 3 amide bonds. The highest BCUT2D eigenvalue weighted by Gasteiger charge is 2.38. The van der Waals surface area contributed by atoms with E-state index in [1.807, 2.05) is 6.07 Å². The van der Waals surface area contributed by atoms with Crippen molar-refractivity contribution in [1.29, 1.82) is 0 Å². The Morgan fingerprint density at radius 1 is 1.29 bits per heavy atom. The third kappa shape index (κ3) is 2.31. The first-order valence-corrected chi connectivity index (χ1v) is 7.07. The SMILES string of the molecule is NCc1cccc2c1CN(C1CCCC(=O)NC1=O)C2=O. The molecule has 2 aliphatic rings. The summed E-state index contributed by atoms with van der Waals surface area (Å²) in [6.07, 6.45) is 1.44. The van der Waals surface area contributed by atoms with Crippen molar-refractivity contribution in [2.45, 2.75) is 38.4 Å². The second kappa shape index (κ2) is 5.29. The average Bonchev–Trinajstić information content (AvgIpc) is 2.70. The van der Waals surface area contributed by atoms with E-state index < -0.39 is 6.04 Å². The molecule has 0 saturated carbocycles. The first-order chi connectivity index (χ1) is 10.1. The van der Waals surface area contributed by atoms with E-state index in [1.165, 1.54) is 0 Å². The number of carbonyl (C=O) groups excluding carboxylic acids is 3. The summed E-state index contributed by atoms with van der Waals surface area (Å²) in [6.45, 7) is 0.744. The van der Waals surface area contributed by atoms with Crippen LogP contribution in [0, 0.1) is 0 Å². The number of nitrogens with zero attached hydrogens (tertiary/aromatic N) is 1. The zero-order valence-electron chi connectivity index (χ0n) is 11.6. The Hall–Kier alpha value is -2.21. The monoisotopic (exact) mass is 287 g/mol. The number of nitrogens with two attached hydrogens (primary N) is 1. The Labute approximate surface area is 122 Å². The quantitative estimate of drug-likeness (QED) is 0.765. The number of amides is 3. The van der Waals surface area contributed by atoms with Crippen molar-refractivity contribution < 1.29 is 14.4 Å². The van der Waals surface area contributed by atoms with Crippen molar-refractivity contribution in [2.24, 2.45) is 5.73 Å². The summed E-state index contributed by atoms with van der Waals surface area (Å²) in [5.41, 5.74) is 8.14. The van der Waals surface area contributed by atoms with E-state index in [0.29, 0.717) is 37.9 Å². The molecule has 110 valence electrons. The minimum absolute atomic E-state index is 0.158. The molecule has 6 heteroatoms. The molecule has 0 aliphatic carbocycles. The Balaban J connectivity index is 1.90. The summed E-state index contributed by atoms with van der Waals surface area (Å²) in [5.74, 6) is -0.808. The lowest BCUT2D eigenvalue weighted by molar-refractivity contribution is -0.132. The molecule has 1 atom stereocenters. The Morgan fingerprint density at radius 2 is 2.10 bits per heavy atom. The molecule has 0 bridgehead atoms. The molecule has 21 heavy (non-hydrogen) atoms. The molecule has 2 heterocycles. The lowest BCUT2D eigenvalue weighted by Gasteiger charge is -2.24. The Bertz CT molecular complexity index is 627. The fraction of sp³-hybridized carbons (Fsp3) is 0.400. The summed E-state index contributed by atoms with van der Waals surface area (Å²) in [4.78, 5) is 37.6. The van der Waals surface area contributed by atoms with Crippen LogP contribution in [0.2, 0.25) is 0 Å². The van der Waals surface area contributed by atoms with Gasteiger partial charge in [-0.2, -0.15) is 0 Å². The zero-order valence-corrected chi connectivity index (χ0v) is 11.6. The van der Waals surface area contributed by atoms with Gasteiger partial charge < -0.3 is 10.6 Å². The standard InChI is InChI=1S/C15H17N3O3/c16-7-9-3-1-4-10-11(9)8-18(15(10)21)12-5-2-6-13(19)17-14(12)20/h1,3-4,12H,2,5-8,16H2,(H,17,19,20). The lowest BCUT2D eigenvalue weighted by Crippen LogP contribution is -2.46. The molecule has 1 fully saturated rings. The summed E-state index contributed by atoms with van der Waals surface area (Å²) in [7, 11) is 0. The molecule has 1 saturated heterocycles. The number of carbonyl (C=O) groups is 3. The van der Waals surface area contributed by atoms with Crippen LogP contribution in [-0.2, 0) is 22.7 Å². The predicted molar refractivity (Wildman–Crippen MR) is 75.0 cm³/mol. The normalized spacial score (nSPS) is 22.0. The zero-order chi connectivity index (χ0) is 15.0. The van der Waals surface area contributed by atoms with Crippen LogP contribution >= 0.6 is 0 Å². The second-order valence-corrected chi connectivity index (χ2v) is 5.40. The highest BCUT2D eigenvalue weighted by Crippen LogP contribution is 2.29. The van der Waals surface area contributed by atoms with Crippen molar-refractivity contribution in [3.63, 3.8) is 0 Å². The third-order valence-electron chi connectivity index (χ3n) is 4.14. The number of rotatable bonds is 2. The first kappa shape index (κ1) is 13.8. The van der Waals surface area contributed by atoms with E-state index in [1.54, 1.807) is 17.0 Å². The van der Waals surface area contributed by atoms with Crippen LogP contribution in [0.1, 0.15) is 40.7 Å². The first-order valence-electron chi connectivity index (χ1n) is 7.07. The van der Waals surface area contributed by atoms with Crippen molar-refractivity contribution in [3.8, 4) is 0 Å². The molecule has 6 nitrogen and oxygen atoms in total. The molecule has 1 aromatic rings. The van der Waals surface area contributed by atoms with Gasteiger partial charge in [-0.15, -0.1) is 0 Å². The summed E-state index contributed by atoms with van der Waals surface area (Å²) >= 11 is 0. The minimum atomic E-state index is -0.582. The van der Waals surface area contributed by atoms with E-state index >= 15 is 0 Å². The van der Waals surface area contributed by atoms with Gasteiger partial charge in [-0.05, 0) is 30.0 Å². The van der Waals surface area contributed by atoms with Gasteiger partial charge in [0.05, 0.1) is 0 Å². The van der Waals surface area contributed by atoms with Crippen LogP contribution in [0.3, 0.4) is 0 Å². The van der Waals surface area contributed by atoms with Gasteiger partial charge in [0, 0.05) is 25.1 Å². The highest BCUT2D eigenvalue weighted by atomic mass is 16.2. The van der Waals surface area contributed by atoms with Gasteiger partial charge in [-0.1, -0.05) is 12.1 Å². The molecule has 0 aromatic heterocycles. The van der Waals surface area contributed by atoms with Crippen molar-refractivity contribution in [1.82, 2.24) is 10.2 Å². The van der Waals surface area contributed by atoms with Crippen LogP contribution in [-0.4, -0.2) is 28.7 Å². The molecule has 3 N–H and O–H groups in total. The van der Waals surface area contributed by atoms with Gasteiger partial charge in [0.15, 0.2) is 0 Å². The molecule has 1 aromatic carbocycles. The van der Waals surface area contributed by atoms with E-state index in [2.05, 4.69) is 5.32 Å². The second-order valence-electron chi connectivity index (χ2n) is 5.40. The molecule has 3 rings (SSSR count). The summed E-state index contributed by atoms with van der Waals surface area (Å²) < 4.78 is 0. The maximum atomic E-state index is 12.5. The van der Waals surface area contributed by atoms with Gasteiger partial charge in [-0.3, -0.25) is 19.7 Å². The van der Waals surface area contributed by atoms with Crippen LogP contribution in [0.15, 0.2) is 18.2 Å². The third-order valence-corrected chi connectivity index (χ3v) is 4.14. The number of nitrogens with one attached hydrogen (secondary N) is 1.